The van der Waals surface area contributed by atoms with E-state index < -0.39 is 0 Å². The van der Waals surface area contributed by atoms with Crippen LogP contribution in [0.4, 0.5) is 0 Å². The summed E-state index contributed by atoms with van der Waals surface area (Å²) in [5.74, 6) is 0.821. The fourth-order valence-corrected chi connectivity index (χ4v) is 4.45. The summed E-state index contributed by atoms with van der Waals surface area (Å²) >= 11 is 0. The molecule has 1 atom stereocenters. The number of nitrogens with one attached hydrogen (secondary N) is 3. The number of carbonyl (C=O) groups excluding carboxylic acids is 2. The summed E-state index contributed by atoms with van der Waals surface area (Å²) in [7, 11) is 0. The van der Waals surface area contributed by atoms with Crippen LogP contribution in [0, 0.1) is 0 Å². The Morgan fingerprint density at radius 1 is 0.861 bits per heavy atom. The average Bonchev–Trinajstić information content (AvgIpc) is 2.88. The monoisotopic (exact) mass is 492 g/mol. The van der Waals surface area contributed by atoms with E-state index in [2.05, 4.69) is 16.0 Å². The number of phenolic OH excluding ortho intramolecular Hbond substituents is 1. The Bertz CT molecular complexity index is 1050. The first-order valence-corrected chi connectivity index (χ1v) is 12.9. The normalized spacial score (nSPS) is 20.7. The van der Waals surface area contributed by atoms with E-state index in [9.17, 15) is 14.7 Å². The molecular formula is C28H36N4O4. The van der Waals surface area contributed by atoms with Crippen LogP contribution in [0.1, 0.15) is 49.3 Å². The summed E-state index contributed by atoms with van der Waals surface area (Å²) in [5, 5.41) is 20.4. The minimum absolute atomic E-state index is 0.0214. The molecule has 0 radical (unpaired) electrons. The summed E-state index contributed by atoms with van der Waals surface area (Å²) in [6.45, 7) is 4.36. The van der Waals surface area contributed by atoms with E-state index in [1.807, 2.05) is 29.2 Å². The van der Waals surface area contributed by atoms with Gasteiger partial charge in [-0.25, -0.2) is 0 Å². The highest BCUT2D eigenvalue weighted by atomic mass is 16.5. The number of hydrogen-bond donors (Lipinski definition) is 4. The van der Waals surface area contributed by atoms with Gasteiger partial charge in [0.05, 0.1) is 0 Å². The van der Waals surface area contributed by atoms with Crippen LogP contribution >= 0.6 is 0 Å². The van der Waals surface area contributed by atoms with Crippen molar-refractivity contribution in [2.75, 3.05) is 39.3 Å². The van der Waals surface area contributed by atoms with Crippen LogP contribution in [-0.2, 0) is 9.59 Å². The zero-order valence-electron chi connectivity index (χ0n) is 20.7. The second kappa shape index (κ2) is 13.1. The van der Waals surface area contributed by atoms with Gasteiger partial charge in [0.1, 0.15) is 5.75 Å². The third kappa shape index (κ3) is 7.57. The highest BCUT2D eigenvalue weighted by molar-refractivity contribution is 5.91. The van der Waals surface area contributed by atoms with Crippen molar-refractivity contribution in [3.8, 4) is 17.2 Å². The third-order valence-corrected chi connectivity index (χ3v) is 6.49. The lowest BCUT2D eigenvalue weighted by atomic mass is 10.0. The van der Waals surface area contributed by atoms with Crippen LogP contribution in [0.3, 0.4) is 0 Å². The lowest BCUT2D eigenvalue weighted by Crippen LogP contribution is -2.35. The average molecular weight is 493 g/mol. The zero-order chi connectivity index (χ0) is 25.2. The van der Waals surface area contributed by atoms with Crippen LogP contribution in [0.5, 0.6) is 17.2 Å². The summed E-state index contributed by atoms with van der Waals surface area (Å²) in [4.78, 5) is 27.6. The number of phenols is 1. The molecule has 36 heavy (non-hydrogen) atoms. The zero-order valence-corrected chi connectivity index (χ0v) is 20.7. The van der Waals surface area contributed by atoms with Crippen molar-refractivity contribution in [1.82, 2.24) is 20.9 Å². The molecule has 2 amide bonds. The molecule has 0 aliphatic carbocycles. The highest BCUT2D eigenvalue weighted by Crippen LogP contribution is 2.32. The van der Waals surface area contributed by atoms with Gasteiger partial charge >= 0.3 is 0 Å². The van der Waals surface area contributed by atoms with Gasteiger partial charge < -0.3 is 30.7 Å². The number of carbonyl (C=O) groups is 2. The van der Waals surface area contributed by atoms with Crippen LogP contribution in [-0.4, -0.2) is 61.1 Å². The molecule has 2 aromatic carbocycles. The van der Waals surface area contributed by atoms with Gasteiger partial charge in [0.15, 0.2) is 11.5 Å². The van der Waals surface area contributed by atoms with E-state index in [1.165, 1.54) is 0 Å². The van der Waals surface area contributed by atoms with Crippen molar-refractivity contribution < 1.29 is 19.4 Å². The maximum atomic E-state index is 13.0. The largest absolute Gasteiger partial charge is 0.504 e. The van der Waals surface area contributed by atoms with Gasteiger partial charge in [0.25, 0.3) is 0 Å². The SMILES string of the molecule is O=C1CC2NCCCNCCCCN(CCCN1)C(=O)C=Cc1ccc(O)c(c1)Oc1ccc2cc1. The predicted octanol–water partition coefficient (Wildman–Crippen LogP) is 3.34. The van der Waals surface area contributed by atoms with E-state index in [4.69, 9.17) is 4.74 Å². The van der Waals surface area contributed by atoms with E-state index in [0.29, 0.717) is 44.0 Å². The first-order chi connectivity index (χ1) is 17.6. The quantitative estimate of drug-likeness (QED) is 0.450. The summed E-state index contributed by atoms with van der Waals surface area (Å²) in [5.41, 5.74) is 1.76. The summed E-state index contributed by atoms with van der Waals surface area (Å²) in [6, 6.07) is 12.5. The van der Waals surface area contributed by atoms with E-state index in [1.54, 1.807) is 30.4 Å². The Kier molecular flexibility index (Phi) is 9.35. The van der Waals surface area contributed by atoms with Gasteiger partial charge in [0, 0.05) is 38.2 Å². The number of hydrogen-bond acceptors (Lipinski definition) is 6. The summed E-state index contributed by atoms with van der Waals surface area (Å²) < 4.78 is 5.94. The molecule has 1 unspecified atom stereocenters. The van der Waals surface area contributed by atoms with Crippen molar-refractivity contribution in [2.24, 2.45) is 0 Å². The standard InChI is InChI=1S/C28H36N4O4/c33-25-11-5-21-6-12-28(35)32-17-2-1-13-29-14-3-15-30-24(20-27(34)31-16-4-18-32)22-7-9-23(10-8-22)36-26(25)19-21/h5-12,19,24,29-30,33H,1-4,13-18,20H2,(H,31,34). The van der Waals surface area contributed by atoms with Gasteiger partial charge in [0.2, 0.25) is 11.8 Å². The molecule has 4 N–H and O–H groups in total. The molecule has 3 aliphatic rings. The first-order valence-electron chi connectivity index (χ1n) is 12.9. The Morgan fingerprint density at radius 2 is 1.67 bits per heavy atom. The molecule has 2 aromatic rings. The molecule has 6 bridgehead atoms. The molecule has 3 aliphatic heterocycles. The molecular weight excluding hydrogens is 456 g/mol. The number of fused-ring (bicyclic) bond motifs is 3. The van der Waals surface area contributed by atoms with Gasteiger partial charge in [-0.15, -0.1) is 0 Å². The van der Waals surface area contributed by atoms with Crippen LogP contribution in [0.2, 0.25) is 0 Å². The number of benzene rings is 2. The molecule has 3 heterocycles. The lowest BCUT2D eigenvalue weighted by Gasteiger charge is -2.22. The maximum absolute atomic E-state index is 13.0. The lowest BCUT2D eigenvalue weighted by molar-refractivity contribution is -0.126. The molecule has 1 saturated heterocycles. The Hall–Kier alpha value is -3.36. The highest BCUT2D eigenvalue weighted by Gasteiger charge is 2.17. The Balaban J connectivity index is 1.66. The number of amides is 2. The minimum atomic E-state index is -0.129. The fraction of sp³-hybridized carbons (Fsp3) is 0.429. The summed E-state index contributed by atoms with van der Waals surface area (Å²) in [6.07, 6.45) is 7.16. The molecule has 5 rings (SSSR count). The van der Waals surface area contributed by atoms with Crippen molar-refractivity contribution in [3.05, 3.63) is 59.7 Å². The minimum Gasteiger partial charge on any atom is -0.504 e. The molecule has 1 fully saturated rings. The van der Waals surface area contributed by atoms with E-state index in [0.717, 1.165) is 50.0 Å². The number of aromatic hydroxyl groups is 1. The Morgan fingerprint density at radius 3 is 2.53 bits per heavy atom. The fourth-order valence-electron chi connectivity index (χ4n) is 4.45. The third-order valence-electron chi connectivity index (χ3n) is 6.49. The number of rotatable bonds is 0. The van der Waals surface area contributed by atoms with Crippen molar-refractivity contribution in [3.63, 3.8) is 0 Å². The molecule has 8 nitrogen and oxygen atoms in total. The molecule has 8 heteroatoms. The first kappa shape index (κ1) is 25.7. The van der Waals surface area contributed by atoms with Crippen LogP contribution in [0.15, 0.2) is 48.5 Å². The second-order valence-electron chi connectivity index (χ2n) is 9.28. The van der Waals surface area contributed by atoms with E-state index in [-0.39, 0.29) is 23.6 Å². The maximum Gasteiger partial charge on any atom is 0.246 e. The topological polar surface area (TPSA) is 103 Å². The van der Waals surface area contributed by atoms with E-state index >= 15 is 0 Å². The number of nitrogens with zero attached hydrogens (tertiary/aromatic N) is 1. The molecule has 192 valence electrons. The molecule has 0 saturated carbocycles. The number of ether oxygens (including phenoxy) is 1. The van der Waals surface area contributed by atoms with Gasteiger partial charge in [-0.05, 0) is 86.8 Å². The van der Waals surface area contributed by atoms with Crippen molar-refractivity contribution >= 4 is 17.9 Å². The second-order valence-corrected chi connectivity index (χ2v) is 9.28. The molecule has 0 aromatic heterocycles. The van der Waals surface area contributed by atoms with Crippen molar-refractivity contribution in [1.29, 1.82) is 0 Å². The Labute approximate surface area is 212 Å². The van der Waals surface area contributed by atoms with Gasteiger partial charge in [-0.1, -0.05) is 18.2 Å². The van der Waals surface area contributed by atoms with Gasteiger partial charge in [-0.2, -0.15) is 0 Å². The molecule has 0 spiro atoms. The van der Waals surface area contributed by atoms with Gasteiger partial charge in [-0.3, -0.25) is 9.59 Å². The van der Waals surface area contributed by atoms with Crippen LogP contribution in [0.25, 0.3) is 6.08 Å². The van der Waals surface area contributed by atoms with Crippen LogP contribution < -0.4 is 20.7 Å². The van der Waals surface area contributed by atoms with Crippen molar-refractivity contribution in [2.45, 2.75) is 38.1 Å². The predicted molar refractivity (Wildman–Crippen MR) is 140 cm³/mol. The smallest absolute Gasteiger partial charge is 0.246 e.